The number of Topliss-reactive ketones (excluding diaryl/α,β-unsaturated/α-hetero) is 1. The molecule has 0 radical (unpaired) electrons. The molecule has 0 saturated carbocycles. The molecule has 0 saturated heterocycles. The topological polar surface area (TPSA) is 64.6 Å². The van der Waals surface area contributed by atoms with Gasteiger partial charge in [0.1, 0.15) is 11.5 Å². The lowest BCUT2D eigenvalue weighted by Gasteiger charge is -2.09. The zero-order chi connectivity index (χ0) is 15.1. The molecule has 0 aromatic heterocycles. The van der Waals surface area contributed by atoms with Gasteiger partial charge >= 0.3 is 0 Å². The molecule has 1 aromatic carbocycles. The van der Waals surface area contributed by atoms with E-state index >= 15 is 0 Å². The van der Waals surface area contributed by atoms with Crippen molar-refractivity contribution in [3.05, 3.63) is 23.8 Å². The third-order valence-electron chi connectivity index (χ3n) is 2.71. The quantitative estimate of drug-likeness (QED) is 0.775. The predicted molar refractivity (Wildman–Crippen MR) is 75.9 cm³/mol. The Hall–Kier alpha value is -2.04. The molecular formula is C15H21NO4. The first-order chi connectivity index (χ1) is 9.46. The Morgan fingerprint density at radius 1 is 1.10 bits per heavy atom. The van der Waals surface area contributed by atoms with E-state index in [1.165, 1.54) is 0 Å². The lowest BCUT2D eigenvalue weighted by molar-refractivity contribution is -0.138. The third-order valence-corrected chi connectivity index (χ3v) is 2.71. The van der Waals surface area contributed by atoms with Crippen LogP contribution in [-0.4, -0.2) is 25.9 Å². The molecule has 0 spiro atoms. The lowest BCUT2D eigenvalue weighted by atomic mass is 10.1. The molecule has 0 aliphatic rings. The molecule has 1 N–H and O–H groups in total. The fourth-order valence-electron chi connectivity index (χ4n) is 1.71. The molecule has 1 rings (SSSR count). The van der Waals surface area contributed by atoms with Crippen LogP contribution in [0.3, 0.4) is 0 Å². The van der Waals surface area contributed by atoms with Gasteiger partial charge in [-0.2, -0.15) is 0 Å². The second kappa shape index (κ2) is 7.53. The van der Waals surface area contributed by atoms with Crippen LogP contribution < -0.4 is 14.8 Å². The van der Waals surface area contributed by atoms with Crippen molar-refractivity contribution in [1.29, 1.82) is 0 Å². The summed E-state index contributed by atoms with van der Waals surface area (Å²) in [6, 6.07) is 5.32. The second-order valence-electron chi connectivity index (χ2n) is 4.92. The van der Waals surface area contributed by atoms with Crippen LogP contribution in [0, 0.1) is 5.92 Å². The largest absolute Gasteiger partial charge is 0.497 e. The molecule has 0 aliphatic carbocycles. The standard InChI is InChI=1S/C15H21NO4/c1-10(2)5-14(17)15(18)16-9-11-6-12(19-3)8-13(7-11)20-4/h6-8,10H,5,9H2,1-4H3,(H,16,18). The predicted octanol–water partition coefficient (Wildman–Crippen LogP) is 1.94. The highest BCUT2D eigenvalue weighted by molar-refractivity contribution is 6.36. The van der Waals surface area contributed by atoms with Crippen LogP contribution in [0.15, 0.2) is 18.2 Å². The third kappa shape index (κ3) is 4.91. The Balaban J connectivity index is 2.65. The highest BCUT2D eigenvalue weighted by Crippen LogP contribution is 2.22. The summed E-state index contributed by atoms with van der Waals surface area (Å²) < 4.78 is 10.3. The number of methoxy groups -OCH3 is 2. The van der Waals surface area contributed by atoms with Crippen molar-refractivity contribution in [2.45, 2.75) is 26.8 Å². The molecule has 20 heavy (non-hydrogen) atoms. The van der Waals surface area contributed by atoms with Gasteiger partial charge in [0.2, 0.25) is 5.78 Å². The number of carbonyl (C=O) groups excluding carboxylic acids is 2. The molecule has 0 fully saturated rings. The number of hydrogen-bond acceptors (Lipinski definition) is 4. The molecule has 0 aliphatic heterocycles. The number of nitrogens with one attached hydrogen (secondary N) is 1. The van der Waals surface area contributed by atoms with E-state index in [0.29, 0.717) is 11.5 Å². The summed E-state index contributed by atoms with van der Waals surface area (Å²) in [4.78, 5) is 23.2. The van der Waals surface area contributed by atoms with E-state index in [1.54, 1.807) is 32.4 Å². The molecule has 0 atom stereocenters. The van der Waals surface area contributed by atoms with Gasteiger partial charge in [0.25, 0.3) is 5.91 Å². The molecule has 0 unspecified atom stereocenters. The summed E-state index contributed by atoms with van der Waals surface area (Å²) in [5.74, 6) is 0.504. The maximum Gasteiger partial charge on any atom is 0.287 e. The summed E-state index contributed by atoms with van der Waals surface area (Å²) in [7, 11) is 3.12. The molecule has 110 valence electrons. The Morgan fingerprint density at radius 2 is 1.65 bits per heavy atom. The fourth-order valence-corrected chi connectivity index (χ4v) is 1.71. The molecule has 0 heterocycles. The molecule has 5 heteroatoms. The van der Waals surface area contributed by atoms with Gasteiger partial charge in [0, 0.05) is 19.0 Å². The van der Waals surface area contributed by atoms with Gasteiger partial charge in [0.15, 0.2) is 0 Å². The van der Waals surface area contributed by atoms with Crippen LogP contribution in [0.1, 0.15) is 25.8 Å². The zero-order valence-corrected chi connectivity index (χ0v) is 12.4. The maximum absolute atomic E-state index is 11.6. The Kier molecular flexibility index (Phi) is 6.03. The van der Waals surface area contributed by atoms with Crippen molar-refractivity contribution in [1.82, 2.24) is 5.32 Å². The van der Waals surface area contributed by atoms with Gasteiger partial charge in [0.05, 0.1) is 14.2 Å². The summed E-state index contributed by atoms with van der Waals surface area (Å²) >= 11 is 0. The minimum atomic E-state index is -0.555. The van der Waals surface area contributed by atoms with Crippen LogP contribution in [0.2, 0.25) is 0 Å². The van der Waals surface area contributed by atoms with Crippen LogP contribution >= 0.6 is 0 Å². The van der Waals surface area contributed by atoms with Crippen LogP contribution in [0.5, 0.6) is 11.5 Å². The Bertz CT molecular complexity index is 461. The summed E-state index contributed by atoms with van der Waals surface area (Å²) in [5, 5.41) is 2.61. The van der Waals surface area contributed by atoms with Crippen molar-refractivity contribution in [3.63, 3.8) is 0 Å². The summed E-state index contributed by atoms with van der Waals surface area (Å²) in [5.41, 5.74) is 0.812. The van der Waals surface area contributed by atoms with E-state index in [9.17, 15) is 9.59 Å². The van der Waals surface area contributed by atoms with Crippen molar-refractivity contribution >= 4 is 11.7 Å². The van der Waals surface area contributed by atoms with Gasteiger partial charge in [-0.25, -0.2) is 0 Å². The average molecular weight is 279 g/mol. The van der Waals surface area contributed by atoms with E-state index in [0.717, 1.165) is 5.56 Å². The first-order valence-electron chi connectivity index (χ1n) is 6.49. The van der Waals surface area contributed by atoms with Gasteiger partial charge in [-0.3, -0.25) is 9.59 Å². The highest BCUT2D eigenvalue weighted by atomic mass is 16.5. The van der Waals surface area contributed by atoms with Crippen molar-refractivity contribution < 1.29 is 19.1 Å². The van der Waals surface area contributed by atoms with E-state index in [-0.39, 0.29) is 18.9 Å². The lowest BCUT2D eigenvalue weighted by Crippen LogP contribution is -2.31. The van der Waals surface area contributed by atoms with Gasteiger partial charge < -0.3 is 14.8 Å². The second-order valence-corrected chi connectivity index (χ2v) is 4.92. The Labute approximate surface area is 119 Å². The fraction of sp³-hybridized carbons (Fsp3) is 0.467. The van der Waals surface area contributed by atoms with Gasteiger partial charge in [-0.1, -0.05) is 13.8 Å². The van der Waals surface area contributed by atoms with E-state index in [1.807, 2.05) is 13.8 Å². The molecule has 1 amide bonds. The first kappa shape index (κ1) is 16.0. The average Bonchev–Trinajstić information content (AvgIpc) is 2.43. The number of carbonyl (C=O) groups is 2. The van der Waals surface area contributed by atoms with Crippen molar-refractivity contribution in [2.75, 3.05) is 14.2 Å². The number of benzene rings is 1. The summed E-state index contributed by atoms with van der Waals surface area (Å²) in [6.45, 7) is 4.06. The van der Waals surface area contributed by atoms with Crippen LogP contribution in [0.4, 0.5) is 0 Å². The zero-order valence-electron chi connectivity index (χ0n) is 12.4. The minimum Gasteiger partial charge on any atom is -0.497 e. The molecule has 5 nitrogen and oxygen atoms in total. The maximum atomic E-state index is 11.6. The van der Waals surface area contributed by atoms with Gasteiger partial charge in [-0.05, 0) is 23.6 Å². The van der Waals surface area contributed by atoms with E-state index in [2.05, 4.69) is 5.32 Å². The number of rotatable bonds is 7. The first-order valence-corrected chi connectivity index (χ1v) is 6.49. The van der Waals surface area contributed by atoms with Gasteiger partial charge in [-0.15, -0.1) is 0 Å². The minimum absolute atomic E-state index is 0.171. The smallest absolute Gasteiger partial charge is 0.287 e. The van der Waals surface area contributed by atoms with E-state index in [4.69, 9.17) is 9.47 Å². The van der Waals surface area contributed by atoms with Crippen molar-refractivity contribution in [2.24, 2.45) is 5.92 Å². The van der Waals surface area contributed by atoms with Crippen LogP contribution in [0.25, 0.3) is 0 Å². The molecule has 1 aromatic rings. The molecular weight excluding hydrogens is 258 g/mol. The number of hydrogen-bond donors (Lipinski definition) is 1. The number of ketones is 1. The highest BCUT2D eigenvalue weighted by Gasteiger charge is 2.14. The molecule has 0 bridgehead atoms. The van der Waals surface area contributed by atoms with E-state index < -0.39 is 11.7 Å². The SMILES string of the molecule is COc1cc(CNC(=O)C(=O)CC(C)C)cc(OC)c1. The number of amides is 1. The summed E-state index contributed by atoms with van der Waals surface area (Å²) in [6.07, 6.45) is 0.257. The van der Waals surface area contributed by atoms with Crippen molar-refractivity contribution in [3.8, 4) is 11.5 Å². The monoisotopic (exact) mass is 279 g/mol. The Morgan fingerprint density at radius 3 is 2.10 bits per heavy atom. The van der Waals surface area contributed by atoms with Crippen LogP contribution in [-0.2, 0) is 16.1 Å². The number of ether oxygens (including phenoxy) is 2. The normalized spacial score (nSPS) is 10.2.